The molecule has 0 rings (SSSR count). The van der Waals surface area contributed by atoms with Gasteiger partial charge in [0.1, 0.15) is 0 Å². The number of nitrogens with zero attached hydrogens (tertiary/aromatic N) is 1. The van der Waals surface area contributed by atoms with E-state index < -0.39 is 12.1 Å². The van der Waals surface area contributed by atoms with Gasteiger partial charge >= 0.3 is 12.1 Å². The first kappa shape index (κ1) is 15.2. The molecule has 0 saturated carbocycles. The minimum atomic E-state index is -4.78. The molecule has 0 aliphatic carbocycles. The van der Waals surface area contributed by atoms with Crippen LogP contribution in [0.3, 0.4) is 0 Å². The second-order valence-corrected chi connectivity index (χ2v) is 3.64. The molecule has 0 fully saturated rings. The van der Waals surface area contributed by atoms with Crippen molar-refractivity contribution in [3.8, 4) is 0 Å². The molecule has 0 aromatic heterocycles. The Balaban J connectivity index is 4.24. The number of alkyl halides is 3. The van der Waals surface area contributed by atoms with Crippen molar-refractivity contribution in [2.75, 3.05) is 19.6 Å². The number of amides is 1. The number of carbonyl (C=O) groups excluding carboxylic acids is 1. The van der Waals surface area contributed by atoms with Crippen LogP contribution in [0.2, 0.25) is 0 Å². The highest BCUT2D eigenvalue weighted by atomic mass is 19.4. The average molecular weight is 240 g/mol. The zero-order chi connectivity index (χ0) is 12.6. The zero-order valence-corrected chi connectivity index (χ0v) is 9.52. The second-order valence-electron chi connectivity index (χ2n) is 3.64. The number of hydrogen-bond acceptors (Lipinski definition) is 2. The Morgan fingerprint density at radius 2 is 1.75 bits per heavy atom. The molecule has 6 heteroatoms. The smallest absolute Gasteiger partial charge is 0.335 e. The summed E-state index contributed by atoms with van der Waals surface area (Å²) in [5.74, 6) is -1.75. The topological polar surface area (TPSA) is 46.3 Å². The lowest BCUT2D eigenvalue weighted by molar-refractivity contribution is -0.185. The number of halogens is 3. The third-order valence-corrected chi connectivity index (χ3v) is 2.19. The number of carbonyl (C=O) groups is 1. The molecule has 3 nitrogen and oxygen atoms in total. The van der Waals surface area contributed by atoms with E-state index in [1.807, 2.05) is 6.92 Å². The molecular formula is C10H19F3N2O. The molecule has 96 valence electrons. The molecule has 16 heavy (non-hydrogen) atoms. The average Bonchev–Trinajstić information content (AvgIpc) is 2.21. The predicted molar refractivity (Wildman–Crippen MR) is 55.8 cm³/mol. The van der Waals surface area contributed by atoms with Crippen LogP contribution in [-0.2, 0) is 4.79 Å². The summed E-state index contributed by atoms with van der Waals surface area (Å²) in [5.41, 5.74) is 5.22. The van der Waals surface area contributed by atoms with Crippen LogP contribution in [0.5, 0.6) is 0 Å². The fourth-order valence-corrected chi connectivity index (χ4v) is 1.33. The van der Waals surface area contributed by atoms with Gasteiger partial charge in [0.15, 0.2) is 0 Å². The summed E-state index contributed by atoms with van der Waals surface area (Å²) in [4.78, 5) is 11.9. The molecule has 0 aliphatic heterocycles. The minimum Gasteiger partial charge on any atom is -0.335 e. The van der Waals surface area contributed by atoms with Gasteiger partial charge in [-0.05, 0) is 19.4 Å². The van der Waals surface area contributed by atoms with Gasteiger partial charge < -0.3 is 10.6 Å². The maximum atomic E-state index is 12.2. The molecule has 0 aromatic carbocycles. The van der Waals surface area contributed by atoms with E-state index in [2.05, 4.69) is 0 Å². The van der Waals surface area contributed by atoms with Gasteiger partial charge in [0.2, 0.25) is 0 Å². The van der Waals surface area contributed by atoms with E-state index in [1.54, 1.807) is 0 Å². The van der Waals surface area contributed by atoms with Crippen molar-refractivity contribution in [2.45, 2.75) is 38.8 Å². The highest BCUT2D eigenvalue weighted by Crippen LogP contribution is 2.19. The van der Waals surface area contributed by atoms with Crippen LogP contribution in [0, 0.1) is 0 Å². The summed E-state index contributed by atoms with van der Waals surface area (Å²) in [7, 11) is 0. The molecule has 0 heterocycles. The van der Waals surface area contributed by atoms with Crippen LogP contribution in [0.25, 0.3) is 0 Å². The van der Waals surface area contributed by atoms with Crippen molar-refractivity contribution >= 4 is 5.91 Å². The summed E-state index contributed by atoms with van der Waals surface area (Å²) >= 11 is 0. The van der Waals surface area contributed by atoms with Crippen molar-refractivity contribution < 1.29 is 18.0 Å². The van der Waals surface area contributed by atoms with E-state index in [0.29, 0.717) is 12.8 Å². The third-order valence-electron chi connectivity index (χ3n) is 2.19. The molecular weight excluding hydrogens is 221 g/mol. The zero-order valence-electron chi connectivity index (χ0n) is 9.52. The first-order chi connectivity index (χ1) is 7.43. The van der Waals surface area contributed by atoms with Crippen molar-refractivity contribution in [1.82, 2.24) is 4.90 Å². The lowest BCUT2D eigenvalue weighted by atomic mass is 10.2. The summed E-state index contributed by atoms with van der Waals surface area (Å²) in [6, 6.07) is 0. The Bertz CT molecular complexity index is 207. The molecule has 0 unspecified atom stereocenters. The highest BCUT2D eigenvalue weighted by molar-refractivity contribution is 5.81. The summed E-state index contributed by atoms with van der Waals surface area (Å²) in [6.07, 6.45) is -2.05. The molecule has 0 aliphatic rings. The summed E-state index contributed by atoms with van der Waals surface area (Å²) < 4.78 is 36.6. The van der Waals surface area contributed by atoms with Crippen molar-refractivity contribution in [2.24, 2.45) is 5.73 Å². The molecule has 0 atom stereocenters. The largest absolute Gasteiger partial charge is 0.471 e. The van der Waals surface area contributed by atoms with Gasteiger partial charge in [-0.25, -0.2) is 0 Å². The van der Waals surface area contributed by atoms with E-state index in [-0.39, 0.29) is 19.6 Å². The first-order valence-corrected chi connectivity index (χ1v) is 5.49. The van der Waals surface area contributed by atoms with Crippen LogP contribution in [0.4, 0.5) is 13.2 Å². The number of nitrogens with two attached hydrogens (primary N) is 1. The Morgan fingerprint density at radius 3 is 2.19 bits per heavy atom. The van der Waals surface area contributed by atoms with Crippen LogP contribution >= 0.6 is 0 Å². The Labute approximate surface area is 93.8 Å². The molecule has 2 N–H and O–H groups in total. The Morgan fingerprint density at radius 1 is 1.19 bits per heavy atom. The van der Waals surface area contributed by atoms with Gasteiger partial charge in [0.25, 0.3) is 0 Å². The molecule has 0 radical (unpaired) electrons. The molecule has 0 bridgehead atoms. The number of hydrogen-bond donors (Lipinski definition) is 1. The molecule has 0 saturated heterocycles. The van der Waals surface area contributed by atoms with E-state index in [9.17, 15) is 18.0 Å². The monoisotopic (exact) mass is 240 g/mol. The molecule has 1 amide bonds. The van der Waals surface area contributed by atoms with Gasteiger partial charge in [-0.2, -0.15) is 13.2 Å². The van der Waals surface area contributed by atoms with Gasteiger partial charge in [-0.1, -0.05) is 19.8 Å². The van der Waals surface area contributed by atoms with E-state index in [0.717, 1.165) is 17.7 Å². The maximum Gasteiger partial charge on any atom is 0.471 e. The van der Waals surface area contributed by atoms with Crippen molar-refractivity contribution in [1.29, 1.82) is 0 Å². The predicted octanol–water partition coefficient (Wildman–Crippen LogP) is 1.92. The summed E-state index contributed by atoms with van der Waals surface area (Å²) in [5, 5.41) is 0. The third kappa shape index (κ3) is 5.95. The van der Waals surface area contributed by atoms with Crippen LogP contribution < -0.4 is 5.73 Å². The number of unbranched alkanes of at least 4 members (excludes halogenated alkanes) is 2. The van der Waals surface area contributed by atoms with Gasteiger partial charge in [0.05, 0.1) is 0 Å². The SMILES string of the molecule is CCCCCN(CCCN)C(=O)C(F)(F)F. The second kappa shape index (κ2) is 7.49. The normalized spacial score (nSPS) is 11.6. The molecule has 0 spiro atoms. The maximum absolute atomic E-state index is 12.2. The van der Waals surface area contributed by atoms with Crippen molar-refractivity contribution in [3.63, 3.8) is 0 Å². The quantitative estimate of drug-likeness (QED) is 0.691. The fraction of sp³-hybridized carbons (Fsp3) is 0.900. The Hall–Kier alpha value is -0.780. The van der Waals surface area contributed by atoms with E-state index in [4.69, 9.17) is 5.73 Å². The van der Waals surface area contributed by atoms with Gasteiger partial charge in [-0.15, -0.1) is 0 Å². The highest BCUT2D eigenvalue weighted by Gasteiger charge is 2.41. The van der Waals surface area contributed by atoms with Crippen LogP contribution in [0.15, 0.2) is 0 Å². The summed E-state index contributed by atoms with van der Waals surface area (Å²) in [6.45, 7) is 2.48. The lowest BCUT2D eigenvalue weighted by Crippen LogP contribution is -2.42. The number of rotatable bonds is 7. The molecule has 0 aromatic rings. The first-order valence-electron chi connectivity index (χ1n) is 5.49. The standard InChI is InChI=1S/C10H19F3N2O/c1-2-3-4-7-15(8-5-6-14)9(16)10(11,12)13/h2-8,14H2,1H3. The van der Waals surface area contributed by atoms with Crippen molar-refractivity contribution in [3.05, 3.63) is 0 Å². The van der Waals surface area contributed by atoms with Crippen LogP contribution in [-0.4, -0.2) is 36.6 Å². The minimum absolute atomic E-state index is 0.0819. The van der Waals surface area contributed by atoms with E-state index >= 15 is 0 Å². The Kier molecular flexibility index (Phi) is 7.12. The van der Waals surface area contributed by atoms with E-state index in [1.165, 1.54) is 0 Å². The lowest BCUT2D eigenvalue weighted by Gasteiger charge is -2.23. The fourth-order valence-electron chi connectivity index (χ4n) is 1.33. The van der Waals surface area contributed by atoms with Gasteiger partial charge in [-0.3, -0.25) is 4.79 Å². The van der Waals surface area contributed by atoms with Crippen LogP contribution in [0.1, 0.15) is 32.6 Å². The van der Waals surface area contributed by atoms with Gasteiger partial charge in [0, 0.05) is 13.1 Å².